The van der Waals surface area contributed by atoms with Crippen molar-refractivity contribution in [2.75, 3.05) is 0 Å². The first-order valence-corrected chi connectivity index (χ1v) is 4.85. The molecule has 1 aliphatic rings. The van der Waals surface area contributed by atoms with Crippen molar-refractivity contribution in [3.8, 4) is 0 Å². The van der Waals surface area contributed by atoms with Gasteiger partial charge >= 0.3 is 0 Å². The molecule has 0 aromatic carbocycles. The van der Waals surface area contributed by atoms with Crippen LogP contribution < -0.4 is 0 Å². The highest BCUT2D eigenvalue weighted by molar-refractivity contribution is 7.09. The number of thiazole rings is 1. The zero-order valence-corrected chi connectivity index (χ0v) is 7.43. The Morgan fingerprint density at radius 3 is 3.08 bits per heavy atom. The molecule has 0 atom stereocenters. The summed E-state index contributed by atoms with van der Waals surface area (Å²) in [6, 6.07) is 0. The normalized spacial score (nSPS) is 16.7. The van der Waals surface area contributed by atoms with Crippen molar-refractivity contribution in [2.24, 2.45) is 0 Å². The maximum absolute atomic E-state index is 11.2. The van der Waals surface area contributed by atoms with Crippen LogP contribution in [0.1, 0.15) is 17.8 Å². The third-order valence-corrected chi connectivity index (χ3v) is 2.73. The molecular weight excluding hydrogens is 170 g/mol. The molecule has 0 fully saturated rings. The van der Waals surface area contributed by atoms with Crippen LogP contribution >= 0.6 is 11.3 Å². The van der Waals surface area contributed by atoms with Crippen LogP contribution in [0.2, 0.25) is 0 Å². The topological polar surface area (TPSA) is 30.0 Å². The van der Waals surface area contributed by atoms with E-state index in [1.165, 1.54) is 0 Å². The van der Waals surface area contributed by atoms with E-state index in [-0.39, 0.29) is 0 Å². The zero-order chi connectivity index (χ0) is 8.39. The number of hydrogen-bond acceptors (Lipinski definition) is 3. The largest absolute Gasteiger partial charge is 0.295 e. The summed E-state index contributed by atoms with van der Waals surface area (Å²) in [6.45, 7) is 0. The van der Waals surface area contributed by atoms with E-state index in [1.807, 2.05) is 11.5 Å². The molecule has 1 heterocycles. The van der Waals surface area contributed by atoms with Crippen LogP contribution in [0.25, 0.3) is 0 Å². The van der Waals surface area contributed by atoms with Gasteiger partial charge in [0.15, 0.2) is 5.78 Å². The van der Waals surface area contributed by atoms with Gasteiger partial charge in [-0.25, -0.2) is 4.98 Å². The fraction of sp³-hybridized carbons (Fsp3) is 0.333. The SMILES string of the molecule is O=C1CCC=C1Cc1nccs1. The number of ketones is 1. The molecule has 0 aliphatic heterocycles. The van der Waals surface area contributed by atoms with Gasteiger partial charge in [0.1, 0.15) is 0 Å². The van der Waals surface area contributed by atoms with E-state index in [4.69, 9.17) is 0 Å². The summed E-state index contributed by atoms with van der Waals surface area (Å²) in [4.78, 5) is 15.3. The van der Waals surface area contributed by atoms with Crippen molar-refractivity contribution in [3.05, 3.63) is 28.2 Å². The lowest BCUT2D eigenvalue weighted by Crippen LogP contribution is -1.98. The number of allylic oxidation sites excluding steroid dienone is 2. The Labute approximate surface area is 74.9 Å². The molecule has 0 radical (unpaired) electrons. The summed E-state index contributed by atoms with van der Waals surface area (Å²) in [5.41, 5.74) is 0.949. The molecule has 62 valence electrons. The van der Waals surface area contributed by atoms with E-state index in [1.54, 1.807) is 17.5 Å². The lowest BCUT2D eigenvalue weighted by molar-refractivity contribution is -0.115. The minimum absolute atomic E-state index is 0.296. The summed E-state index contributed by atoms with van der Waals surface area (Å²) in [6.07, 6.45) is 6.15. The van der Waals surface area contributed by atoms with Gasteiger partial charge < -0.3 is 0 Å². The first kappa shape index (κ1) is 7.68. The number of hydrogen-bond donors (Lipinski definition) is 0. The fourth-order valence-corrected chi connectivity index (χ4v) is 1.97. The van der Waals surface area contributed by atoms with E-state index in [0.717, 1.165) is 23.4 Å². The van der Waals surface area contributed by atoms with E-state index < -0.39 is 0 Å². The Kier molecular flexibility index (Phi) is 2.04. The molecule has 0 unspecified atom stereocenters. The quantitative estimate of drug-likeness (QED) is 0.694. The summed E-state index contributed by atoms with van der Waals surface area (Å²) >= 11 is 1.61. The molecule has 0 N–H and O–H groups in total. The van der Waals surface area contributed by atoms with Crippen LogP contribution in [-0.2, 0) is 11.2 Å². The van der Waals surface area contributed by atoms with Crippen LogP contribution in [0.15, 0.2) is 23.2 Å². The Bertz CT molecular complexity index is 313. The number of rotatable bonds is 2. The second-order valence-electron chi connectivity index (χ2n) is 2.79. The summed E-state index contributed by atoms with van der Waals surface area (Å²) in [5, 5.41) is 2.98. The van der Waals surface area contributed by atoms with Gasteiger partial charge in [0.25, 0.3) is 0 Å². The van der Waals surface area contributed by atoms with Crippen molar-refractivity contribution in [3.63, 3.8) is 0 Å². The average molecular weight is 179 g/mol. The van der Waals surface area contributed by atoms with Gasteiger partial charge in [0.2, 0.25) is 0 Å². The van der Waals surface area contributed by atoms with Crippen molar-refractivity contribution < 1.29 is 4.79 Å². The first-order chi connectivity index (χ1) is 5.86. The Morgan fingerprint density at radius 2 is 2.50 bits per heavy atom. The molecule has 1 aliphatic carbocycles. The molecular formula is C9H9NOS. The van der Waals surface area contributed by atoms with Crippen LogP contribution in [0.4, 0.5) is 0 Å². The standard InChI is InChI=1S/C9H9NOS/c11-8-3-1-2-7(8)6-9-10-4-5-12-9/h2,4-5H,1,3,6H2. The van der Waals surface area contributed by atoms with Crippen molar-refractivity contribution >= 4 is 17.1 Å². The van der Waals surface area contributed by atoms with E-state index in [2.05, 4.69) is 4.98 Å². The molecule has 3 heteroatoms. The predicted octanol–water partition coefficient (Wildman–Crippen LogP) is 1.97. The second kappa shape index (κ2) is 3.19. The van der Waals surface area contributed by atoms with Gasteiger partial charge in [-0.3, -0.25) is 4.79 Å². The maximum atomic E-state index is 11.2. The molecule has 12 heavy (non-hydrogen) atoms. The van der Waals surface area contributed by atoms with Crippen molar-refractivity contribution in [1.29, 1.82) is 0 Å². The molecule has 2 rings (SSSR count). The summed E-state index contributed by atoms with van der Waals surface area (Å²) in [5.74, 6) is 0.296. The molecule has 1 aromatic rings. The van der Waals surface area contributed by atoms with Crippen LogP contribution in [0.3, 0.4) is 0 Å². The van der Waals surface area contributed by atoms with Crippen molar-refractivity contribution in [2.45, 2.75) is 19.3 Å². The highest BCUT2D eigenvalue weighted by atomic mass is 32.1. The molecule has 0 bridgehead atoms. The monoisotopic (exact) mass is 179 g/mol. The van der Waals surface area contributed by atoms with Gasteiger partial charge in [-0.1, -0.05) is 6.08 Å². The van der Waals surface area contributed by atoms with Gasteiger partial charge in [-0.05, 0) is 12.0 Å². The van der Waals surface area contributed by atoms with Crippen molar-refractivity contribution in [1.82, 2.24) is 4.98 Å². The minimum Gasteiger partial charge on any atom is -0.295 e. The minimum atomic E-state index is 0.296. The lowest BCUT2D eigenvalue weighted by atomic mass is 10.1. The molecule has 0 amide bonds. The van der Waals surface area contributed by atoms with Crippen LogP contribution in [-0.4, -0.2) is 10.8 Å². The lowest BCUT2D eigenvalue weighted by Gasteiger charge is -1.94. The predicted molar refractivity (Wildman–Crippen MR) is 48.1 cm³/mol. The van der Waals surface area contributed by atoms with Gasteiger partial charge in [0, 0.05) is 24.4 Å². The van der Waals surface area contributed by atoms with E-state index in [0.29, 0.717) is 12.2 Å². The molecule has 0 saturated heterocycles. The van der Waals surface area contributed by atoms with E-state index in [9.17, 15) is 4.79 Å². The highest BCUT2D eigenvalue weighted by Gasteiger charge is 2.15. The molecule has 0 spiro atoms. The molecule has 0 saturated carbocycles. The number of carbonyl (C=O) groups is 1. The Hall–Kier alpha value is -0.960. The number of nitrogens with zero attached hydrogens (tertiary/aromatic N) is 1. The maximum Gasteiger partial charge on any atom is 0.159 e. The highest BCUT2D eigenvalue weighted by Crippen LogP contribution is 2.19. The first-order valence-electron chi connectivity index (χ1n) is 3.97. The molecule has 1 aromatic heterocycles. The van der Waals surface area contributed by atoms with E-state index >= 15 is 0 Å². The summed E-state index contributed by atoms with van der Waals surface area (Å²) in [7, 11) is 0. The van der Waals surface area contributed by atoms with Crippen LogP contribution in [0.5, 0.6) is 0 Å². The number of Topliss-reactive ketones (excluding diaryl/α,β-unsaturated/α-hetero) is 1. The molecule has 2 nitrogen and oxygen atoms in total. The second-order valence-corrected chi connectivity index (χ2v) is 3.77. The fourth-order valence-electron chi connectivity index (χ4n) is 1.33. The summed E-state index contributed by atoms with van der Waals surface area (Å²) < 4.78 is 0. The van der Waals surface area contributed by atoms with Crippen LogP contribution in [0, 0.1) is 0 Å². The van der Waals surface area contributed by atoms with Gasteiger partial charge in [0.05, 0.1) is 5.01 Å². The third kappa shape index (κ3) is 1.46. The van der Waals surface area contributed by atoms with Gasteiger partial charge in [-0.2, -0.15) is 0 Å². The Balaban J connectivity index is 2.09. The number of aromatic nitrogens is 1. The Morgan fingerprint density at radius 1 is 1.58 bits per heavy atom. The third-order valence-electron chi connectivity index (χ3n) is 1.95. The average Bonchev–Trinajstić information content (AvgIpc) is 2.65. The number of carbonyl (C=O) groups excluding carboxylic acids is 1. The smallest absolute Gasteiger partial charge is 0.159 e. The van der Waals surface area contributed by atoms with Gasteiger partial charge in [-0.15, -0.1) is 11.3 Å². The zero-order valence-electron chi connectivity index (χ0n) is 6.62.